The highest BCUT2D eigenvalue weighted by Crippen LogP contribution is 2.17. The van der Waals surface area contributed by atoms with Crippen molar-refractivity contribution in [3.05, 3.63) is 17.7 Å². The van der Waals surface area contributed by atoms with Crippen LogP contribution in [0.1, 0.15) is 26.3 Å². The molecule has 1 heterocycles. The predicted molar refractivity (Wildman–Crippen MR) is 61.5 cm³/mol. The molecule has 15 heavy (non-hydrogen) atoms. The Morgan fingerprint density at radius 3 is 2.47 bits per heavy atom. The number of nitrogens with two attached hydrogens (primary N) is 1. The van der Waals surface area contributed by atoms with E-state index in [9.17, 15) is 4.79 Å². The lowest BCUT2D eigenvalue weighted by atomic mass is 9.96. The lowest BCUT2D eigenvalue weighted by Gasteiger charge is -2.17. The Morgan fingerprint density at radius 2 is 2.00 bits per heavy atom. The van der Waals surface area contributed by atoms with E-state index in [0.29, 0.717) is 11.6 Å². The Hall–Kier alpha value is -1.58. The number of hydrogen-bond donors (Lipinski definition) is 2. The average Bonchev–Trinajstić information content (AvgIpc) is 1.99. The third-order valence-corrected chi connectivity index (χ3v) is 1.91. The second-order valence-electron chi connectivity index (χ2n) is 4.66. The quantitative estimate of drug-likeness (QED) is 0.739. The molecule has 1 amide bonds. The number of aryl methyl sites for hydroxylation is 1. The van der Waals surface area contributed by atoms with Gasteiger partial charge in [-0.15, -0.1) is 0 Å². The fraction of sp³-hybridized carbons (Fsp3) is 0.455. The molecule has 3 N–H and O–H groups in total. The normalized spacial score (nSPS) is 11.2. The summed E-state index contributed by atoms with van der Waals surface area (Å²) in [4.78, 5) is 15.7. The van der Waals surface area contributed by atoms with E-state index in [1.165, 1.54) is 0 Å². The fourth-order valence-corrected chi connectivity index (χ4v) is 1.06. The van der Waals surface area contributed by atoms with Gasteiger partial charge in [-0.05, 0) is 24.6 Å². The van der Waals surface area contributed by atoms with Gasteiger partial charge >= 0.3 is 0 Å². The number of nitrogens with one attached hydrogen (secondary N) is 1. The van der Waals surface area contributed by atoms with E-state index < -0.39 is 5.41 Å². The number of pyridine rings is 1. The number of amides is 1. The maximum atomic E-state index is 11.7. The first-order valence-corrected chi connectivity index (χ1v) is 4.84. The third-order valence-electron chi connectivity index (χ3n) is 1.91. The number of rotatable bonds is 1. The van der Waals surface area contributed by atoms with Crippen LogP contribution in [0.3, 0.4) is 0 Å². The summed E-state index contributed by atoms with van der Waals surface area (Å²) >= 11 is 0. The van der Waals surface area contributed by atoms with Crippen LogP contribution in [-0.4, -0.2) is 10.9 Å². The van der Waals surface area contributed by atoms with Crippen LogP contribution in [0, 0.1) is 12.3 Å². The van der Waals surface area contributed by atoms with Crippen LogP contribution in [0.25, 0.3) is 0 Å². The summed E-state index contributed by atoms with van der Waals surface area (Å²) in [5, 5.41) is 2.73. The lowest BCUT2D eigenvalue weighted by Crippen LogP contribution is -2.28. The van der Waals surface area contributed by atoms with Crippen molar-refractivity contribution in [2.45, 2.75) is 27.7 Å². The van der Waals surface area contributed by atoms with Crippen LogP contribution in [-0.2, 0) is 4.79 Å². The number of nitrogens with zero attached hydrogens (tertiary/aromatic N) is 1. The summed E-state index contributed by atoms with van der Waals surface area (Å²) in [6.07, 6.45) is 0. The van der Waals surface area contributed by atoms with Gasteiger partial charge in [-0.3, -0.25) is 4.79 Å². The molecule has 0 aliphatic heterocycles. The van der Waals surface area contributed by atoms with Gasteiger partial charge in [0.1, 0.15) is 11.6 Å². The molecule has 82 valence electrons. The molecule has 0 radical (unpaired) electrons. The Kier molecular flexibility index (Phi) is 2.98. The minimum absolute atomic E-state index is 0.0694. The van der Waals surface area contributed by atoms with Crippen LogP contribution in [0.15, 0.2) is 12.1 Å². The maximum absolute atomic E-state index is 11.7. The number of aromatic nitrogens is 1. The minimum Gasteiger partial charge on any atom is -0.384 e. The Labute approximate surface area is 89.9 Å². The van der Waals surface area contributed by atoms with Crippen molar-refractivity contribution in [2.24, 2.45) is 5.41 Å². The number of anilines is 2. The lowest BCUT2D eigenvalue weighted by molar-refractivity contribution is -0.123. The Bertz CT molecular complexity index is 360. The highest BCUT2D eigenvalue weighted by molar-refractivity contribution is 5.93. The molecule has 0 unspecified atom stereocenters. The van der Waals surface area contributed by atoms with E-state index in [-0.39, 0.29) is 5.91 Å². The van der Waals surface area contributed by atoms with E-state index in [4.69, 9.17) is 5.73 Å². The number of nitrogen functional groups attached to an aromatic ring is 1. The van der Waals surface area contributed by atoms with Crippen LogP contribution in [0.2, 0.25) is 0 Å². The zero-order chi connectivity index (χ0) is 11.6. The zero-order valence-corrected chi connectivity index (χ0v) is 9.59. The second kappa shape index (κ2) is 3.88. The summed E-state index contributed by atoms with van der Waals surface area (Å²) in [6.45, 7) is 7.45. The smallest absolute Gasteiger partial charge is 0.230 e. The standard InChI is InChI=1S/C11H17N3O/c1-7-5-8(12)13-9(6-7)14-10(15)11(2,3)4/h5-6H,1-4H3,(H3,12,13,14,15). The van der Waals surface area contributed by atoms with Crippen molar-refractivity contribution in [1.82, 2.24) is 4.98 Å². The molecule has 0 saturated heterocycles. The first kappa shape index (κ1) is 11.5. The van der Waals surface area contributed by atoms with Gasteiger partial charge in [0.05, 0.1) is 0 Å². The largest absolute Gasteiger partial charge is 0.384 e. The molecule has 0 bridgehead atoms. The van der Waals surface area contributed by atoms with Crippen LogP contribution >= 0.6 is 0 Å². The molecule has 0 aromatic carbocycles. The average molecular weight is 207 g/mol. The van der Waals surface area contributed by atoms with Crippen molar-refractivity contribution < 1.29 is 4.79 Å². The van der Waals surface area contributed by atoms with Gasteiger partial charge in [0.2, 0.25) is 5.91 Å². The highest BCUT2D eigenvalue weighted by atomic mass is 16.2. The molecule has 0 fully saturated rings. The van der Waals surface area contributed by atoms with Crippen LogP contribution in [0.4, 0.5) is 11.6 Å². The van der Waals surface area contributed by atoms with Crippen molar-refractivity contribution in [3.8, 4) is 0 Å². The molecule has 0 spiro atoms. The fourth-order valence-electron chi connectivity index (χ4n) is 1.06. The van der Waals surface area contributed by atoms with Gasteiger partial charge < -0.3 is 11.1 Å². The Morgan fingerprint density at radius 1 is 1.40 bits per heavy atom. The Balaban J connectivity index is 2.86. The number of carbonyl (C=O) groups excluding carboxylic acids is 1. The summed E-state index contributed by atoms with van der Waals surface area (Å²) in [6, 6.07) is 3.55. The van der Waals surface area contributed by atoms with E-state index in [1.807, 2.05) is 27.7 Å². The number of hydrogen-bond acceptors (Lipinski definition) is 3. The molecule has 0 saturated carbocycles. The van der Waals surface area contributed by atoms with E-state index in [1.54, 1.807) is 12.1 Å². The molecule has 0 atom stereocenters. The van der Waals surface area contributed by atoms with Gasteiger partial charge in [0.15, 0.2) is 0 Å². The molecule has 1 rings (SSSR count). The van der Waals surface area contributed by atoms with Crippen LogP contribution < -0.4 is 11.1 Å². The van der Waals surface area contributed by atoms with Gasteiger partial charge in [0, 0.05) is 5.41 Å². The summed E-state index contributed by atoms with van der Waals surface area (Å²) in [7, 11) is 0. The van der Waals surface area contributed by atoms with Crippen molar-refractivity contribution in [2.75, 3.05) is 11.1 Å². The molecular formula is C11H17N3O. The SMILES string of the molecule is Cc1cc(N)nc(NC(=O)C(C)(C)C)c1. The third kappa shape index (κ3) is 3.23. The number of carbonyl (C=O) groups is 1. The molecule has 4 heteroatoms. The zero-order valence-electron chi connectivity index (χ0n) is 9.59. The maximum Gasteiger partial charge on any atom is 0.230 e. The van der Waals surface area contributed by atoms with Gasteiger partial charge in [-0.1, -0.05) is 20.8 Å². The molecule has 1 aromatic rings. The topological polar surface area (TPSA) is 68.0 Å². The monoisotopic (exact) mass is 207 g/mol. The van der Waals surface area contributed by atoms with Gasteiger partial charge in [0.25, 0.3) is 0 Å². The molecular weight excluding hydrogens is 190 g/mol. The van der Waals surface area contributed by atoms with Gasteiger partial charge in [-0.25, -0.2) is 4.98 Å². The second-order valence-corrected chi connectivity index (χ2v) is 4.66. The summed E-state index contributed by atoms with van der Waals surface area (Å²) in [5.74, 6) is 0.853. The minimum atomic E-state index is -0.430. The van der Waals surface area contributed by atoms with Gasteiger partial charge in [-0.2, -0.15) is 0 Å². The first-order chi connectivity index (χ1) is 6.79. The van der Waals surface area contributed by atoms with E-state index >= 15 is 0 Å². The van der Waals surface area contributed by atoms with Crippen molar-refractivity contribution in [3.63, 3.8) is 0 Å². The molecule has 0 aliphatic rings. The summed E-state index contributed by atoms with van der Waals surface area (Å²) < 4.78 is 0. The van der Waals surface area contributed by atoms with Crippen LogP contribution in [0.5, 0.6) is 0 Å². The van der Waals surface area contributed by atoms with Crippen molar-refractivity contribution >= 4 is 17.5 Å². The predicted octanol–water partition coefficient (Wildman–Crippen LogP) is 1.96. The highest BCUT2D eigenvalue weighted by Gasteiger charge is 2.21. The first-order valence-electron chi connectivity index (χ1n) is 4.84. The molecule has 1 aromatic heterocycles. The van der Waals surface area contributed by atoms with E-state index in [0.717, 1.165) is 5.56 Å². The van der Waals surface area contributed by atoms with E-state index in [2.05, 4.69) is 10.3 Å². The molecule has 4 nitrogen and oxygen atoms in total. The summed E-state index contributed by atoms with van der Waals surface area (Å²) in [5.41, 5.74) is 6.13. The molecule has 0 aliphatic carbocycles. The van der Waals surface area contributed by atoms with Crippen molar-refractivity contribution in [1.29, 1.82) is 0 Å².